The van der Waals surface area contributed by atoms with E-state index in [2.05, 4.69) is 27.1 Å². The van der Waals surface area contributed by atoms with Crippen LogP contribution in [0.1, 0.15) is 34.8 Å². The summed E-state index contributed by atoms with van der Waals surface area (Å²) < 4.78 is 1.65. The van der Waals surface area contributed by atoms with Crippen molar-refractivity contribution >= 4 is 29.1 Å². The third-order valence-corrected chi connectivity index (χ3v) is 7.33. The number of aryl methyl sites for hydroxylation is 1. The van der Waals surface area contributed by atoms with Crippen LogP contribution in [0.3, 0.4) is 0 Å². The summed E-state index contributed by atoms with van der Waals surface area (Å²) in [4.78, 5) is 30.8. The molecule has 2 aromatic heterocycles. The van der Waals surface area contributed by atoms with Gasteiger partial charge >= 0.3 is 0 Å². The normalized spacial score (nSPS) is 18.9. The smallest absolute Gasteiger partial charge is 0.257 e. The summed E-state index contributed by atoms with van der Waals surface area (Å²) in [6, 6.07) is 4.09. The number of rotatable bonds is 4. The number of benzene rings is 1. The van der Waals surface area contributed by atoms with E-state index < -0.39 is 0 Å². The van der Waals surface area contributed by atoms with Crippen molar-refractivity contribution in [2.75, 3.05) is 31.6 Å². The first-order valence-electron chi connectivity index (χ1n) is 11.5. The van der Waals surface area contributed by atoms with Crippen molar-refractivity contribution < 1.29 is 9.59 Å². The predicted molar refractivity (Wildman–Crippen MR) is 130 cm³/mol. The third kappa shape index (κ3) is 3.99. The van der Waals surface area contributed by atoms with Crippen LogP contribution in [-0.2, 0) is 24.8 Å². The molecule has 1 N–H and O–H groups in total. The molecule has 0 radical (unpaired) electrons. The van der Waals surface area contributed by atoms with E-state index in [1.807, 2.05) is 30.3 Å². The Labute approximate surface area is 203 Å². The van der Waals surface area contributed by atoms with E-state index in [-0.39, 0.29) is 17.9 Å². The average Bonchev–Trinajstić information content (AvgIpc) is 3.46. The molecular weight excluding hydrogens is 454 g/mol. The van der Waals surface area contributed by atoms with Crippen LogP contribution in [0.5, 0.6) is 0 Å². The first-order chi connectivity index (χ1) is 16.3. The van der Waals surface area contributed by atoms with Crippen LogP contribution in [0.25, 0.3) is 11.3 Å². The molecule has 34 heavy (non-hydrogen) atoms. The van der Waals surface area contributed by atoms with Gasteiger partial charge in [0, 0.05) is 81.9 Å². The van der Waals surface area contributed by atoms with Gasteiger partial charge in [0.1, 0.15) is 0 Å². The first-order valence-corrected chi connectivity index (χ1v) is 11.8. The van der Waals surface area contributed by atoms with E-state index in [4.69, 9.17) is 11.6 Å². The van der Waals surface area contributed by atoms with Crippen molar-refractivity contribution in [3.8, 4) is 11.3 Å². The van der Waals surface area contributed by atoms with Crippen LogP contribution in [0.15, 0.2) is 30.7 Å². The zero-order chi connectivity index (χ0) is 24.0. The minimum atomic E-state index is 0.0212. The number of hydrogen-bond donors (Lipinski definition) is 1. The Balaban J connectivity index is 1.32. The zero-order valence-electron chi connectivity index (χ0n) is 19.6. The van der Waals surface area contributed by atoms with Crippen molar-refractivity contribution in [1.29, 1.82) is 0 Å². The van der Waals surface area contributed by atoms with Crippen molar-refractivity contribution in [3.05, 3.63) is 52.4 Å². The first kappa shape index (κ1) is 22.6. The number of hydrogen-bond acceptors (Lipinski definition) is 5. The van der Waals surface area contributed by atoms with Crippen LogP contribution in [-0.4, -0.2) is 74.3 Å². The summed E-state index contributed by atoms with van der Waals surface area (Å²) in [6.45, 7) is 4.92. The van der Waals surface area contributed by atoms with E-state index >= 15 is 0 Å². The van der Waals surface area contributed by atoms with Gasteiger partial charge in [0.25, 0.3) is 5.91 Å². The Bertz CT molecular complexity index is 1250. The van der Waals surface area contributed by atoms with Gasteiger partial charge in [0.05, 0.1) is 22.5 Å². The molecular formula is C24H28ClN7O2. The highest BCUT2D eigenvalue weighted by Gasteiger charge is 2.30. The number of nitrogens with zero attached hydrogens (tertiary/aromatic N) is 6. The third-order valence-electron chi connectivity index (χ3n) is 6.89. The summed E-state index contributed by atoms with van der Waals surface area (Å²) in [5.74, 6) is 0.125. The van der Waals surface area contributed by atoms with Gasteiger partial charge in [-0.15, -0.1) is 0 Å². The van der Waals surface area contributed by atoms with Crippen molar-refractivity contribution in [2.24, 2.45) is 7.05 Å². The van der Waals surface area contributed by atoms with Gasteiger partial charge in [0.15, 0.2) is 0 Å². The molecule has 2 amide bonds. The van der Waals surface area contributed by atoms with Gasteiger partial charge in [0.2, 0.25) is 5.91 Å². The molecule has 0 saturated carbocycles. The molecule has 0 unspecified atom stereocenters. The SMILES string of the molecule is C[C@@H]1CN(C(=O)c2cnn(C)c2)CCN1Cc1c[nH]nc1-c1ccc2c(c1Cl)CCC(=O)N2C. The number of halogens is 1. The molecule has 9 nitrogen and oxygen atoms in total. The van der Waals surface area contributed by atoms with E-state index in [0.717, 1.165) is 34.6 Å². The maximum absolute atomic E-state index is 12.8. The van der Waals surface area contributed by atoms with Gasteiger partial charge in [-0.05, 0) is 31.0 Å². The number of nitrogens with one attached hydrogen (secondary N) is 1. The van der Waals surface area contributed by atoms with Gasteiger partial charge in [-0.25, -0.2) is 0 Å². The Hall–Kier alpha value is -3.17. The summed E-state index contributed by atoms with van der Waals surface area (Å²) in [5.41, 5.74) is 5.23. The van der Waals surface area contributed by atoms with Crippen LogP contribution in [0.4, 0.5) is 5.69 Å². The maximum Gasteiger partial charge on any atom is 0.257 e. The molecule has 0 aliphatic carbocycles. The topological polar surface area (TPSA) is 90.4 Å². The van der Waals surface area contributed by atoms with Crippen LogP contribution < -0.4 is 4.90 Å². The second kappa shape index (κ2) is 8.88. The number of amides is 2. The summed E-state index contributed by atoms with van der Waals surface area (Å²) in [6.07, 6.45) is 6.38. The number of piperazine rings is 1. The van der Waals surface area contributed by atoms with E-state index in [9.17, 15) is 9.59 Å². The summed E-state index contributed by atoms with van der Waals surface area (Å²) in [5, 5.41) is 12.3. The van der Waals surface area contributed by atoms with Crippen molar-refractivity contribution in [3.63, 3.8) is 0 Å². The van der Waals surface area contributed by atoms with E-state index in [1.165, 1.54) is 0 Å². The second-order valence-corrected chi connectivity index (χ2v) is 9.49. The summed E-state index contributed by atoms with van der Waals surface area (Å²) >= 11 is 6.83. The molecule has 10 heteroatoms. The molecule has 1 aromatic carbocycles. The highest BCUT2D eigenvalue weighted by molar-refractivity contribution is 6.34. The molecule has 178 valence electrons. The van der Waals surface area contributed by atoms with Crippen LogP contribution >= 0.6 is 11.6 Å². The molecule has 3 aromatic rings. The Morgan fingerprint density at radius 1 is 1.24 bits per heavy atom. The standard InChI is InChI=1S/C24H28ClN7O2/c1-15-12-32(24(34)17-11-27-29(2)13-17)9-8-31(15)14-16-10-26-28-23(16)19-4-6-20-18(22(19)25)5-7-21(33)30(20)3/h4,6,10-11,13,15H,5,7-9,12,14H2,1-3H3,(H,26,28)/t15-/m1/s1. The molecule has 1 atom stereocenters. The lowest BCUT2D eigenvalue weighted by Crippen LogP contribution is -2.53. The van der Waals surface area contributed by atoms with Crippen molar-refractivity contribution in [2.45, 2.75) is 32.4 Å². The molecule has 2 aliphatic rings. The minimum Gasteiger partial charge on any atom is -0.336 e. The molecule has 1 saturated heterocycles. The maximum atomic E-state index is 12.8. The highest BCUT2D eigenvalue weighted by Crippen LogP contribution is 2.39. The molecule has 4 heterocycles. The molecule has 0 bridgehead atoms. The number of fused-ring (bicyclic) bond motifs is 1. The number of carbonyl (C=O) groups excluding carboxylic acids is 2. The fraction of sp³-hybridized carbons (Fsp3) is 0.417. The molecule has 0 spiro atoms. The van der Waals surface area contributed by atoms with E-state index in [1.54, 1.807) is 29.0 Å². The number of aromatic nitrogens is 4. The van der Waals surface area contributed by atoms with Crippen LogP contribution in [0.2, 0.25) is 5.02 Å². The Morgan fingerprint density at radius 3 is 2.79 bits per heavy atom. The Kier molecular flexibility index (Phi) is 5.91. The largest absolute Gasteiger partial charge is 0.336 e. The monoisotopic (exact) mass is 481 g/mol. The van der Waals surface area contributed by atoms with E-state index in [0.29, 0.717) is 43.1 Å². The average molecular weight is 482 g/mol. The number of carbonyl (C=O) groups is 2. The van der Waals surface area contributed by atoms with Gasteiger partial charge < -0.3 is 9.80 Å². The predicted octanol–water partition coefficient (Wildman–Crippen LogP) is 2.72. The minimum absolute atomic E-state index is 0.0212. The fourth-order valence-corrected chi connectivity index (χ4v) is 5.24. The molecule has 1 fully saturated rings. The lowest BCUT2D eigenvalue weighted by atomic mass is 9.96. The number of anilines is 1. The van der Waals surface area contributed by atoms with Crippen molar-refractivity contribution in [1.82, 2.24) is 29.8 Å². The van der Waals surface area contributed by atoms with Gasteiger partial charge in [-0.3, -0.25) is 24.3 Å². The van der Waals surface area contributed by atoms with Crippen LogP contribution in [0, 0.1) is 0 Å². The lowest BCUT2D eigenvalue weighted by Gasteiger charge is -2.39. The Morgan fingerprint density at radius 2 is 2.06 bits per heavy atom. The molecule has 2 aliphatic heterocycles. The fourth-order valence-electron chi connectivity index (χ4n) is 4.90. The highest BCUT2D eigenvalue weighted by atomic mass is 35.5. The molecule has 5 rings (SSSR count). The number of H-pyrrole nitrogens is 1. The lowest BCUT2D eigenvalue weighted by molar-refractivity contribution is -0.118. The quantitative estimate of drug-likeness (QED) is 0.618. The zero-order valence-corrected chi connectivity index (χ0v) is 20.3. The van der Waals surface area contributed by atoms with Gasteiger partial charge in [-0.1, -0.05) is 11.6 Å². The summed E-state index contributed by atoms with van der Waals surface area (Å²) in [7, 11) is 3.60. The van der Waals surface area contributed by atoms with Gasteiger partial charge in [-0.2, -0.15) is 10.2 Å². The number of aromatic amines is 1. The second-order valence-electron chi connectivity index (χ2n) is 9.11.